The monoisotopic (exact) mass is 229 g/mol. The third kappa shape index (κ3) is 3.04. The number of nitrogens with zero attached hydrogens (tertiary/aromatic N) is 1. The van der Waals surface area contributed by atoms with Gasteiger partial charge in [-0.3, -0.25) is 0 Å². The van der Waals surface area contributed by atoms with Crippen LogP contribution in [0.5, 0.6) is 5.88 Å². The number of rotatable bonds is 4. The van der Waals surface area contributed by atoms with Crippen molar-refractivity contribution in [2.24, 2.45) is 0 Å². The minimum Gasteiger partial charge on any atom is -0.470 e. The molecule has 1 unspecified atom stereocenters. The highest BCUT2D eigenvalue weighted by Gasteiger charge is 2.07. The van der Waals surface area contributed by atoms with Gasteiger partial charge >= 0.3 is 0 Å². The van der Waals surface area contributed by atoms with Crippen molar-refractivity contribution in [1.29, 1.82) is 0 Å². The van der Waals surface area contributed by atoms with E-state index in [1.54, 1.807) is 18.3 Å². The number of benzene rings is 1. The molecule has 0 aliphatic carbocycles. The molecule has 88 valence electrons. The zero-order valence-corrected chi connectivity index (χ0v) is 9.71. The molecule has 0 fully saturated rings. The molecule has 3 heteroatoms. The third-order valence-corrected chi connectivity index (χ3v) is 2.55. The summed E-state index contributed by atoms with van der Waals surface area (Å²) in [6.07, 6.45) is 1.58. The van der Waals surface area contributed by atoms with E-state index < -0.39 is 0 Å². The number of aromatic nitrogens is 1. The molecular weight excluding hydrogens is 214 g/mol. The van der Waals surface area contributed by atoms with Crippen LogP contribution < -0.4 is 4.74 Å². The van der Waals surface area contributed by atoms with Gasteiger partial charge in [0.05, 0.1) is 6.61 Å². The molecule has 0 aliphatic rings. The topological polar surface area (TPSA) is 42.4 Å². The maximum atomic E-state index is 9.03. The molecular formula is C14H15NO2. The summed E-state index contributed by atoms with van der Waals surface area (Å²) in [5, 5.41) is 9.03. The van der Waals surface area contributed by atoms with Gasteiger partial charge in [0.1, 0.15) is 6.10 Å². The Bertz CT molecular complexity index is 471. The molecule has 0 amide bonds. The number of hydrogen-bond donors (Lipinski definition) is 1. The summed E-state index contributed by atoms with van der Waals surface area (Å²) in [4.78, 5) is 4.12. The first-order valence-electron chi connectivity index (χ1n) is 5.57. The lowest BCUT2D eigenvalue weighted by molar-refractivity contribution is 0.216. The fourth-order valence-electron chi connectivity index (χ4n) is 1.59. The number of hydrogen-bond acceptors (Lipinski definition) is 3. The van der Waals surface area contributed by atoms with Crippen molar-refractivity contribution < 1.29 is 9.84 Å². The molecule has 0 aliphatic heterocycles. The molecule has 3 nitrogen and oxygen atoms in total. The van der Waals surface area contributed by atoms with Crippen molar-refractivity contribution in [3.63, 3.8) is 0 Å². The molecule has 0 radical (unpaired) electrons. The van der Waals surface area contributed by atoms with Crippen molar-refractivity contribution >= 4 is 0 Å². The molecule has 0 saturated heterocycles. The van der Waals surface area contributed by atoms with Crippen LogP contribution in [0.3, 0.4) is 0 Å². The average molecular weight is 229 g/mol. The Balaban J connectivity index is 2.10. The Labute approximate surface area is 101 Å². The Hall–Kier alpha value is -1.87. The summed E-state index contributed by atoms with van der Waals surface area (Å²) >= 11 is 0. The van der Waals surface area contributed by atoms with E-state index in [0.29, 0.717) is 5.88 Å². The van der Waals surface area contributed by atoms with Gasteiger partial charge in [-0.2, -0.15) is 0 Å². The first-order valence-corrected chi connectivity index (χ1v) is 5.57. The van der Waals surface area contributed by atoms with Crippen molar-refractivity contribution in [2.45, 2.75) is 19.6 Å². The molecule has 1 N–H and O–H groups in total. The first kappa shape index (κ1) is 11.6. The zero-order chi connectivity index (χ0) is 12.1. The Morgan fingerprint density at radius 3 is 2.71 bits per heavy atom. The van der Waals surface area contributed by atoms with Crippen LogP contribution in [0.15, 0.2) is 48.7 Å². The van der Waals surface area contributed by atoms with E-state index >= 15 is 0 Å². The quantitative estimate of drug-likeness (QED) is 0.876. The predicted molar refractivity (Wildman–Crippen MR) is 65.6 cm³/mol. The van der Waals surface area contributed by atoms with Gasteiger partial charge in [0.25, 0.3) is 0 Å². The SMILES string of the molecule is CC(Oc1cc(CO)ccn1)c1ccccc1. The maximum Gasteiger partial charge on any atom is 0.214 e. The van der Waals surface area contributed by atoms with Crippen LogP contribution in [0.1, 0.15) is 24.2 Å². The standard InChI is InChI=1S/C14H15NO2/c1-11(13-5-3-2-4-6-13)17-14-9-12(10-16)7-8-15-14/h2-9,11,16H,10H2,1H3. The van der Waals surface area contributed by atoms with Crippen LogP contribution >= 0.6 is 0 Å². The normalized spacial score (nSPS) is 12.1. The summed E-state index contributed by atoms with van der Waals surface area (Å²) < 4.78 is 5.72. The van der Waals surface area contributed by atoms with Gasteiger partial charge in [0.2, 0.25) is 5.88 Å². The van der Waals surface area contributed by atoms with Gasteiger partial charge in [-0.05, 0) is 24.1 Å². The van der Waals surface area contributed by atoms with Crippen molar-refractivity contribution in [3.8, 4) is 5.88 Å². The highest BCUT2D eigenvalue weighted by molar-refractivity contribution is 5.22. The van der Waals surface area contributed by atoms with E-state index in [4.69, 9.17) is 9.84 Å². The van der Waals surface area contributed by atoms with Gasteiger partial charge in [0.15, 0.2) is 0 Å². The minimum atomic E-state index is -0.0577. The Kier molecular flexibility index (Phi) is 3.73. The second-order valence-corrected chi connectivity index (χ2v) is 3.83. The van der Waals surface area contributed by atoms with Gasteiger partial charge in [-0.25, -0.2) is 4.98 Å². The third-order valence-electron chi connectivity index (χ3n) is 2.55. The Morgan fingerprint density at radius 1 is 1.24 bits per heavy atom. The van der Waals surface area contributed by atoms with E-state index in [0.717, 1.165) is 11.1 Å². The van der Waals surface area contributed by atoms with Gasteiger partial charge in [-0.1, -0.05) is 30.3 Å². The molecule has 1 atom stereocenters. The largest absolute Gasteiger partial charge is 0.470 e. The molecule has 2 rings (SSSR count). The fraction of sp³-hybridized carbons (Fsp3) is 0.214. The van der Waals surface area contributed by atoms with E-state index in [2.05, 4.69) is 4.98 Å². The van der Waals surface area contributed by atoms with Crippen molar-refractivity contribution in [3.05, 3.63) is 59.8 Å². The summed E-state index contributed by atoms with van der Waals surface area (Å²) in [5.74, 6) is 0.535. The molecule has 0 spiro atoms. The average Bonchev–Trinajstić information content (AvgIpc) is 2.40. The van der Waals surface area contributed by atoms with Crippen molar-refractivity contribution in [2.75, 3.05) is 0 Å². The van der Waals surface area contributed by atoms with Crippen LogP contribution in [0.2, 0.25) is 0 Å². The summed E-state index contributed by atoms with van der Waals surface area (Å²) in [6, 6.07) is 13.5. The molecule has 1 heterocycles. The highest BCUT2D eigenvalue weighted by atomic mass is 16.5. The Morgan fingerprint density at radius 2 is 2.00 bits per heavy atom. The fourth-order valence-corrected chi connectivity index (χ4v) is 1.59. The van der Waals surface area contributed by atoms with E-state index in [1.165, 1.54) is 0 Å². The van der Waals surface area contributed by atoms with Gasteiger partial charge in [-0.15, -0.1) is 0 Å². The molecule has 2 aromatic rings. The van der Waals surface area contributed by atoms with Crippen LogP contribution in [0, 0.1) is 0 Å². The maximum absolute atomic E-state index is 9.03. The molecule has 1 aromatic carbocycles. The lowest BCUT2D eigenvalue weighted by atomic mass is 10.1. The smallest absolute Gasteiger partial charge is 0.214 e. The van der Waals surface area contributed by atoms with Gasteiger partial charge < -0.3 is 9.84 Å². The van der Waals surface area contributed by atoms with E-state index in [9.17, 15) is 0 Å². The highest BCUT2D eigenvalue weighted by Crippen LogP contribution is 2.20. The predicted octanol–water partition coefficient (Wildman–Crippen LogP) is 2.71. The number of ether oxygens (including phenoxy) is 1. The first-order chi connectivity index (χ1) is 8.29. The summed E-state index contributed by atoms with van der Waals surface area (Å²) in [5.41, 5.74) is 1.90. The van der Waals surface area contributed by atoms with Crippen LogP contribution in [-0.2, 0) is 6.61 Å². The van der Waals surface area contributed by atoms with Crippen LogP contribution in [0.25, 0.3) is 0 Å². The van der Waals surface area contributed by atoms with Crippen LogP contribution in [0.4, 0.5) is 0 Å². The lowest BCUT2D eigenvalue weighted by Crippen LogP contribution is -2.04. The number of aliphatic hydroxyl groups excluding tert-OH is 1. The lowest BCUT2D eigenvalue weighted by Gasteiger charge is -2.14. The van der Waals surface area contributed by atoms with E-state index in [1.807, 2.05) is 37.3 Å². The molecule has 1 aromatic heterocycles. The second kappa shape index (κ2) is 5.46. The van der Waals surface area contributed by atoms with Crippen molar-refractivity contribution in [1.82, 2.24) is 4.98 Å². The minimum absolute atomic E-state index is 0.00139. The summed E-state index contributed by atoms with van der Waals surface area (Å²) in [6.45, 7) is 1.97. The van der Waals surface area contributed by atoms with Gasteiger partial charge in [0, 0.05) is 12.3 Å². The number of aliphatic hydroxyl groups is 1. The molecule has 0 bridgehead atoms. The van der Waals surface area contributed by atoms with E-state index in [-0.39, 0.29) is 12.7 Å². The van der Waals surface area contributed by atoms with Crippen LogP contribution in [-0.4, -0.2) is 10.1 Å². The summed E-state index contributed by atoms with van der Waals surface area (Å²) in [7, 11) is 0. The second-order valence-electron chi connectivity index (χ2n) is 3.83. The number of pyridine rings is 1. The zero-order valence-electron chi connectivity index (χ0n) is 9.71. The molecule has 0 saturated carbocycles. The molecule has 17 heavy (non-hydrogen) atoms.